The largest absolute Gasteiger partial charge is 0.325 e. The van der Waals surface area contributed by atoms with Gasteiger partial charge in [0.2, 0.25) is 5.91 Å². The molecule has 0 aliphatic carbocycles. The van der Waals surface area contributed by atoms with Gasteiger partial charge in [0.15, 0.2) is 5.16 Å². The Hall–Kier alpha value is -3.45. The molecule has 0 aliphatic rings. The van der Waals surface area contributed by atoms with E-state index in [-0.39, 0.29) is 17.5 Å². The van der Waals surface area contributed by atoms with E-state index in [0.29, 0.717) is 11.6 Å². The minimum absolute atomic E-state index is 0.132. The Morgan fingerprint density at radius 2 is 1.68 bits per heavy atom. The molecule has 1 aromatic heterocycles. The average molecular weight is 433 g/mol. The van der Waals surface area contributed by atoms with Crippen LogP contribution in [0.1, 0.15) is 17.0 Å². The highest BCUT2D eigenvalue weighted by molar-refractivity contribution is 7.99. The van der Waals surface area contributed by atoms with Gasteiger partial charge in [0.1, 0.15) is 11.6 Å². The number of carbonyl (C=O) groups excluding carboxylic acids is 1. The van der Waals surface area contributed by atoms with Crippen LogP contribution in [0.2, 0.25) is 0 Å². The molecule has 0 fully saturated rings. The summed E-state index contributed by atoms with van der Waals surface area (Å²) in [6.07, 6.45) is 0.571. The minimum atomic E-state index is -0.312. The van der Waals surface area contributed by atoms with E-state index < -0.39 is 0 Å². The summed E-state index contributed by atoms with van der Waals surface area (Å²) < 4.78 is 15.3. The van der Waals surface area contributed by atoms with Crippen LogP contribution in [0.25, 0.3) is 5.69 Å². The Morgan fingerprint density at radius 1 is 0.968 bits per heavy atom. The fourth-order valence-electron chi connectivity index (χ4n) is 3.10. The zero-order valence-electron chi connectivity index (χ0n) is 17.0. The highest BCUT2D eigenvalue weighted by Crippen LogP contribution is 2.24. The molecule has 0 radical (unpaired) electrons. The smallest absolute Gasteiger partial charge is 0.234 e. The summed E-state index contributed by atoms with van der Waals surface area (Å²) in [5.74, 6) is 0.456. The first kappa shape index (κ1) is 20.8. The molecule has 0 bridgehead atoms. The van der Waals surface area contributed by atoms with E-state index in [0.717, 1.165) is 28.3 Å². The second-order valence-electron chi connectivity index (χ2n) is 7.08. The normalized spacial score (nSPS) is 10.8. The standard InChI is InChI=1S/C24H21FN4OS/c1-17-7-11-20(12-8-17)26-23(30)16-31-24-28-27-22(15-18-5-3-2-4-6-18)29(24)21-13-9-19(25)10-14-21/h2-14H,15-16H2,1H3,(H,26,30). The van der Waals surface area contributed by atoms with Gasteiger partial charge >= 0.3 is 0 Å². The SMILES string of the molecule is Cc1ccc(NC(=O)CSc2nnc(Cc3ccccc3)n2-c2ccc(F)cc2)cc1. The second-order valence-corrected chi connectivity index (χ2v) is 8.02. The van der Waals surface area contributed by atoms with Crippen molar-refractivity contribution in [1.82, 2.24) is 14.8 Å². The summed E-state index contributed by atoms with van der Waals surface area (Å²) >= 11 is 1.29. The lowest BCUT2D eigenvalue weighted by Crippen LogP contribution is -2.14. The summed E-state index contributed by atoms with van der Waals surface area (Å²) in [4.78, 5) is 12.4. The predicted molar refractivity (Wildman–Crippen MR) is 121 cm³/mol. The van der Waals surface area contributed by atoms with Gasteiger partial charge in [0.05, 0.1) is 5.75 Å². The molecule has 0 saturated heterocycles. The third-order valence-corrected chi connectivity index (χ3v) is 5.59. The molecule has 1 heterocycles. The maximum Gasteiger partial charge on any atom is 0.234 e. The lowest BCUT2D eigenvalue weighted by atomic mass is 10.1. The van der Waals surface area contributed by atoms with Crippen LogP contribution in [-0.2, 0) is 11.2 Å². The number of rotatable bonds is 7. The number of aryl methyl sites for hydroxylation is 1. The van der Waals surface area contributed by atoms with Gasteiger partial charge in [-0.15, -0.1) is 10.2 Å². The average Bonchev–Trinajstić information content (AvgIpc) is 3.17. The Kier molecular flexibility index (Phi) is 6.43. The lowest BCUT2D eigenvalue weighted by molar-refractivity contribution is -0.113. The van der Waals surface area contributed by atoms with Crippen molar-refractivity contribution in [3.8, 4) is 5.69 Å². The number of hydrogen-bond acceptors (Lipinski definition) is 4. The summed E-state index contributed by atoms with van der Waals surface area (Å²) in [6.45, 7) is 2.00. The van der Waals surface area contributed by atoms with Gasteiger partial charge in [0, 0.05) is 17.8 Å². The summed E-state index contributed by atoms with van der Waals surface area (Å²) in [6, 6.07) is 23.8. The van der Waals surface area contributed by atoms with Crippen molar-refractivity contribution in [2.75, 3.05) is 11.1 Å². The third kappa shape index (κ3) is 5.38. The fourth-order valence-corrected chi connectivity index (χ4v) is 3.87. The number of nitrogens with one attached hydrogen (secondary N) is 1. The molecule has 1 N–H and O–H groups in total. The Labute approximate surface area is 184 Å². The van der Waals surface area contributed by atoms with Crippen molar-refractivity contribution in [1.29, 1.82) is 0 Å². The monoisotopic (exact) mass is 432 g/mol. The quantitative estimate of drug-likeness (QED) is 0.416. The molecule has 3 aromatic carbocycles. The molecule has 5 nitrogen and oxygen atoms in total. The number of benzene rings is 3. The third-order valence-electron chi connectivity index (χ3n) is 4.66. The highest BCUT2D eigenvalue weighted by Gasteiger charge is 2.16. The first-order valence-electron chi connectivity index (χ1n) is 9.82. The van der Waals surface area contributed by atoms with E-state index in [2.05, 4.69) is 15.5 Å². The van der Waals surface area contributed by atoms with Gasteiger partial charge in [-0.25, -0.2) is 4.39 Å². The van der Waals surface area contributed by atoms with E-state index >= 15 is 0 Å². The maximum absolute atomic E-state index is 13.5. The first-order chi connectivity index (χ1) is 15.1. The second kappa shape index (κ2) is 9.57. The summed E-state index contributed by atoms with van der Waals surface area (Å²) in [7, 11) is 0. The van der Waals surface area contributed by atoms with Crippen LogP contribution in [0.5, 0.6) is 0 Å². The van der Waals surface area contributed by atoms with Crippen LogP contribution in [-0.4, -0.2) is 26.4 Å². The molecule has 1 amide bonds. The molecule has 0 atom stereocenters. The van der Waals surface area contributed by atoms with E-state index in [1.807, 2.05) is 66.1 Å². The molecule has 4 aromatic rings. The van der Waals surface area contributed by atoms with Gasteiger partial charge in [0.25, 0.3) is 0 Å². The van der Waals surface area contributed by atoms with Crippen LogP contribution in [0.15, 0.2) is 84.0 Å². The molecular weight excluding hydrogens is 411 g/mol. The number of halogens is 1. The van der Waals surface area contributed by atoms with Gasteiger partial charge < -0.3 is 5.32 Å². The molecule has 31 heavy (non-hydrogen) atoms. The molecule has 4 rings (SSSR count). The topological polar surface area (TPSA) is 59.8 Å². The zero-order chi connectivity index (χ0) is 21.6. The van der Waals surface area contributed by atoms with Gasteiger partial charge in [-0.05, 0) is 48.9 Å². The molecular formula is C24H21FN4OS. The van der Waals surface area contributed by atoms with Crippen LogP contribution in [0.3, 0.4) is 0 Å². The van der Waals surface area contributed by atoms with Gasteiger partial charge in [-0.3, -0.25) is 9.36 Å². The van der Waals surface area contributed by atoms with Crippen molar-refractivity contribution in [2.45, 2.75) is 18.5 Å². The van der Waals surface area contributed by atoms with Crippen LogP contribution >= 0.6 is 11.8 Å². The van der Waals surface area contributed by atoms with Crippen molar-refractivity contribution in [3.05, 3.63) is 102 Å². The van der Waals surface area contributed by atoms with Crippen molar-refractivity contribution >= 4 is 23.4 Å². The van der Waals surface area contributed by atoms with Crippen molar-refractivity contribution in [2.24, 2.45) is 0 Å². The van der Waals surface area contributed by atoms with Crippen LogP contribution in [0.4, 0.5) is 10.1 Å². The Balaban J connectivity index is 1.54. The summed E-state index contributed by atoms with van der Waals surface area (Å²) in [5.41, 5.74) is 3.72. The molecule has 0 aliphatic heterocycles. The van der Waals surface area contributed by atoms with E-state index in [4.69, 9.17) is 0 Å². The van der Waals surface area contributed by atoms with E-state index in [9.17, 15) is 9.18 Å². The van der Waals surface area contributed by atoms with Crippen LogP contribution < -0.4 is 5.32 Å². The number of thioether (sulfide) groups is 1. The number of anilines is 1. The van der Waals surface area contributed by atoms with Gasteiger partial charge in [-0.1, -0.05) is 59.8 Å². The Bertz CT molecular complexity index is 1160. The lowest BCUT2D eigenvalue weighted by Gasteiger charge is -2.11. The number of hydrogen-bond donors (Lipinski definition) is 1. The van der Waals surface area contributed by atoms with Gasteiger partial charge in [-0.2, -0.15) is 0 Å². The van der Waals surface area contributed by atoms with Crippen LogP contribution in [0, 0.1) is 12.7 Å². The summed E-state index contributed by atoms with van der Waals surface area (Å²) in [5, 5.41) is 12.1. The van der Waals surface area contributed by atoms with Crippen molar-refractivity contribution in [3.63, 3.8) is 0 Å². The number of carbonyl (C=O) groups is 1. The molecule has 0 unspecified atom stereocenters. The molecule has 156 valence electrons. The maximum atomic E-state index is 13.5. The molecule has 7 heteroatoms. The molecule has 0 spiro atoms. The minimum Gasteiger partial charge on any atom is -0.325 e. The van der Waals surface area contributed by atoms with E-state index in [1.54, 1.807) is 12.1 Å². The first-order valence-corrected chi connectivity index (χ1v) is 10.8. The predicted octanol–water partition coefficient (Wildman–Crippen LogP) is 5.04. The van der Waals surface area contributed by atoms with E-state index in [1.165, 1.54) is 23.9 Å². The number of nitrogens with zero attached hydrogens (tertiary/aromatic N) is 3. The zero-order valence-corrected chi connectivity index (χ0v) is 17.8. The number of amides is 1. The number of aromatic nitrogens is 3. The Morgan fingerprint density at radius 3 is 2.39 bits per heavy atom. The molecule has 0 saturated carbocycles. The van der Waals surface area contributed by atoms with Crippen molar-refractivity contribution < 1.29 is 9.18 Å². The highest BCUT2D eigenvalue weighted by atomic mass is 32.2. The fraction of sp³-hybridized carbons (Fsp3) is 0.125.